The van der Waals surface area contributed by atoms with Crippen LogP contribution in [-0.4, -0.2) is 30.9 Å². The maximum atomic E-state index is 12.4. The Kier molecular flexibility index (Phi) is 7.05. The molecule has 0 atom stereocenters. The largest absolute Gasteiger partial charge is 0.452 e. The molecule has 0 aromatic heterocycles. The second-order valence-electron chi connectivity index (χ2n) is 6.30. The standard InChI is InChI=1S/C23H17F2NO5/c24-23(25)31-19-12-10-18(11-13-19)26-20(27)14-30-22(29)17-8-6-16(7-9-17)21(28)15-4-2-1-3-5-15/h1-13,23H,14H2,(H,26,27). The zero-order chi connectivity index (χ0) is 22.2. The van der Waals surface area contributed by atoms with Gasteiger partial charge < -0.3 is 14.8 Å². The summed E-state index contributed by atoms with van der Waals surface area (Å²) >= 11 is 0. The lowest BCUT2D eigenvalue weighted by atomic mass is 10.0. The number of rotatable bonds is 8. The predicted octanol–water partition coefficient (Wildman–Crippen LogP) is 4.31. The van der Waals surface area contributed by atoms with Crippen LogP contribution in [0.5, 0.6) is 5.75 Å². The van der Waals surface area contributed by atoms with E-state index in [0.29, 0.717) is 16.8 Å². The van der Waals surface area contributed by atoms with Crippen molar-refractivity contribution in [2.75, 3.05) is 11.9 Å². The summed E-state index contributed by atoms with van der Waals surface area (Å²) in [5, 5.41) is 2.47. The molecule has 158 valence electrons. The molecule has 0 heterocycles. The summed E-state index contributed by atoms with van der Waals surface area (Å²) in [6.45, 7) is -3.48. The van der Waals surface area contributed by atoms with Crippen LogP contribution >= 0.6 is 0 Å². The van der Waals surface area contributed by atoms with Crippen LogP contribution in [0.2, 0.25) is 0 Å². The Balaban J connectivity index is 1.51. The number of hydrogen-bond acceptors (Lipinski definition) is 5. The molecule has 1 N–H and O–H groups in total. The zero-order valence-corrected chi connectivity index (χ0v) is 16.1. The molecule has 0 aliphatic heterocycles. The third-order valence-electron chi connectivity index (χ3n) is 4.12. The SMILES string of the molecule is O=C(COC(=O)c1ccc(C(=O)c2ccccc2)cc1)Nc1ccc(OC(F)F)cc1. The molecule has 1 amide bonds. The number of benzene rings is 3. The van der Waals surface area contributed by atoms with Gasteiger partial charge in [-0.25, -0.2) is 4.79 Å². The van der Waals surface area contributed by atoms with Crippen molar-refractivity contribution < 1.29 is 32.6 Å². The summed E-state index contributed by atoms with van der Waals surface area (Å²) in [5.41, 5.74) is 1.46. The van der Waals surface area contributed by atoms with Crippen molar-refractivity contribution >= 4 is 23.3 Å². The van der Waals surface area contributed by atoms with Gasteiger partial charge in [0.1, 0.15) is 5.75 Å². The first kappa shape index (κ1) is 21.6. The molecule has 0 unspecified atom stereocenters. The molecule has 0 spiro atoms. The van der Waals surface area contributed by atoms with E-state index in [1.807, 2.05) is 6.07 Å². The summed E-state index contributed by atoms with van der Waals surface area (Å²) < 4.78 is 33.4. The Bertz CT molecular complexity index is 1050. The van der Waals surface area contributed by atoms with Gasteiger partial charge in [-0.3, -0.25) is 9.59 Å². The smallest absolute Gasteiger partial charge is 0.387 e. The normalized spacial score (nSPS) is 10.4. The van der Waals surface area contributed by atoms with E-state index < -0.39 is 25.1 Å². The molecule has 3 aromatic rings. The zero-order valence-electron chi connectivity index (χ0n) is 16.1. The third kappa shape index (κ3) is 6.20. The number of ketones is 1. The molecule has 0 aliphatic rings. The summed E-state index contributed by atoms with van der Waals surface area (Å²) in [4.78, 5) is 36.4. The molecule has 0 saturated carbocycles. The molecule has 0 bridgehead atoms. The van der Waals surface area contributed by atoms with Crippen LogP contribution in [0.3, 0.4) is 0 Å². The first-order valence-electron chi connectivity index (χ1n) is 9.14. The monoisotopic (exact) mass is 425 g/mol. The second-order valence-corrected chi connectivity index (χ2v) is 6.30. The molecular formula is C23H17F2NO5. The van der Waals surface area contributed by atoms with E-state index in [9.17, 15) is 23.2 Å². The van der Waals surface area contributed by atoms with Gasteiger partial charge in [-0.1, -0.05) is 42.5 Å². The maximum absolute atomic E-state index is 12.4. The van der Waals surface area contributed by atoms with Gasteiger partial charge in [0.15, 0.2) is 12.4 Å². The van der Waals surface area contributed by atoms with Crippen molar-refractivity contribution in [3.8, 4) is 5.75 Å². The van der Waals surface area contributed by atoms with E-state index in [1.54, 1.807) is 24.3 Å². The number of hydrogen-bond donors (Lipinski definition) is 1. The fourth-order valence-corrected chi connectivity index (χ4v) is 2.65. The fraction of sp³-hybridized carbons (Fsp3) is 0.0870. The number of amides is 1. The lowest BCUT2D eigenvalue weighted by Gasteiger charge is -2.08. The van der Waals surface area contributed by atoms with Crippen LogP contribution in [0, 0.1) is 0 Å². The minimum Gasteiger partial charge on any atom is -0.452 e. The van der Waals surface area contributed by atoms with Gasteiger partial charge in [-0.2, -0.15) is 8.78 Å². The minimum absolute atomic E-state index is 0.0476. The van der Waals surface area contributed by atoms with Gasteiger partial charge in [0.25, 0.3) is 5.91 Å². The van der Waals surface area contributed by atoms with Crippen molar-refractivity contribution in [3.05, 3.63) is 95.6 Å². The summed E-state index contributed by atoms with van der Waals surface area (Å²) in [6.07, 6.45) is 0. The molecule has 3 rings (SSSR count). The summed E-state index contributed by atoms with van der Waals surface area (Å²) in [5.74, 6) is -1.56. The van der Waals surface area contributed by atoms with Crippen LogP contribution in [0.1, 0.15) is 26.3 Å². The number of carbonyl (C=O) groups excluding carboxylic acids is 3. The number of ether oxygens (including phenoxy) is 2. The molecule has 0 aliphatic carbocycles. The van der Waals surface area contributed by atoms with Crippen LogP contribution in [0.15, 0.2) is 78.9 Å². The minimum atomic E-state index is -2.94. The highest BCUT2D eigenvalue weighted by Crippen LogP contribution is 2.17. The van der Waals surface area contributed by atoms with Gasteiger partial charge in [-0.05, 0) is 36.4 Å². The first-order chi connectivity index (χ1) is 14.9. The van der Waals surface area contributed by atoms with Crippen LogP contribution in [0.25, 0.3) is 0 Å². The van der Waals surface area contributed by atoms with Gasteiger partial charge in [0, 0.05) is 16.8 Å². The van der Waals surface area contributed by atoms with Gasteiger partial charge in [0.2, 0.25) is 0 Å². The van der Waals surface area contributed by atoms with Crippen molar-refractivity contribution in [2.24, 2.45) is 0 Å². The lowest BCUT2D eigenvalue weighted by Crippen LogP contribution is -2.21. The number of halogens is 2. The average Bonchev–Trinajstić information content (AvgIpc) is 2.78. The highest BCUT2D eigenvalue weighted by Gasteiger charge is 2.13. The first-order valence-corrected chi connectivity index (χ1v) is 9.14. The number of anilines is 1. The Labute approximate surface area is 176 Å². The molecule has 0 fully saturated rings. The third-order valence-corrected chi connectivity index (χ3v) is 4.12. The molecule has 0 radical (unpaired) electrons. The maximum Gasteiger partial charge on any atom is 0.387 e. The number of esters is 1. The van der Waals surface area contributed by atoms with Crippen LogP contribution < -0.4 is 10.1 Å². The fourth-order valence-electron chi connectivity index (χ4n) is 2.65. The topological polar surface area (TPSA) is 81.7 Å². The summed E-state index contributed by atoms with van der Waals surface area (Å²) in [6, 6.07) is 19.9. The quantitative estimate of drug-likeness (QED) is 0.430. The van der Waals surface area contributed by atoms with E-state index in [-0.39, 0.29) is 17.1 Å². The van der Waals surface area contributed by atoms with Crippen molar-refractivity contribution in [1.29, 1.82) is 0 Å². The predicted molar refractivity (Wildman–Crippen MR) is 108 cm³/mol. The Morgan fingerprint density at radius 2 is 1.35 bits per heavy atom. The Morgan fingerprint density at radius 3 is 1.97 bits per heavy atom. The average molecular weight is 425 g/mol. The molecule has 8 heteroatoms. The van der Waals surface area contributed by atoms with E-state index in [4.69, 9.17) is 4.74 Å². The molecule has 31 heavy (non-hydrogen) atoms. The molecule has 3 aromatic carbocycles. The molecular weight excluding hydrogens is 408 g/mol. The van der Waals surface area contributed by atoms with E-state index >= 15 is 0 Å². The lowest BCUT2D eigenvalue weighted by molar-refractivity contribution is -0.119. The Hall–Kier alpha value is -4.07. The van der Waals surface area contributed by atoms with Crippen molar-refractivity contribution in [2.45, 2.75) is 6.61 Å². The molecule has 6 nitrogen and oxygen atoms in total. The van der Waals surface area contributed by atoms with E-state index in [2.05, 4.69) is 10.1 Å². The van der Waals surface area contributed by atoms with Crippen LogP contribution in [-0.2, 0) is 9.53 Å². The Morgan fingerprint density at radius 1 is 0.774 bits per heavy atom. The van der Waals surface area contributed by atoms with Gasteiger partial charge in [0.05, 0.1) is 5.56 Å². The van der Waals surface area contributed by atoms with Gasteiger partial charge in [-0.15, -0.1) is 0 Å². The molecule has 0 saturated heterocycles. The number of nitrogens with one attached hydrogen (secondary N) is 1. The highest BCUT2D eigenvalue weighted by molar-refractivity contribution is 6.09. The van der Waals surface area contributed by atoms with E-state index in [1.165, 1.54) is 48.5 Å². The highest BCUT2D eigenvalue weighted by atomic mass is 19.3. The van der Waals surface area contributed by atoms with Crippen molar-refractivity contribution in [1.82, 2.24) is 0 Å². The summed E-state index contributed by atoms with van der Waals surface area (Å²) in [7, 11) is 0. The second kappa shape index (κ2) is 10.1. The van der Waals surface area contributed by atoms with Gasteiger partial charge >= 0.3 is 12.6 Å². The van der Waals surface area contributed by atoms with E-state index in [0.717, 1.165) is 0 Å². The number of carbonyl (C=O) groups is 3. The number of alkyl halides is 2. The van der Waals surface area contributed by atoms with Crippen molar-refractivity contribution in [3.63, 3.8) is 0 Å². The van der Waals surface area contributed by atoms with Crippen LogP contribution in [0.4, 0.5) is 14.5 Å².